The van der Waals surface area contributed by atoms with Crippen LogP contribution in [0.1, 0.15) is 65.3 Å². The number of amides is 2. The molecule has 2 aromatic rings. The Hall–Kier alpha value is -2.31. The molecule has 1 aromatic heterocycles. The maximum Gasteiger partial charge on any atom is 0.257 e. The van der Waals surface area contributed by atoms with Gasteiger partial charge in [-0.25, -0.2) is 8.42 Å². The number of hydrogen-bond acceptors (Lipinski definition) is 7. The number of piperidine rings is 1. The third kappa shape index (κ3) is 5.99. The van der Waals surface area contributed by atoms with E-state index in [2.05, 4.69) is 37.9 Å². The van der Waals surface area contributed by atoms with Crippen molar-refractivity contribution in [2.45, 2.75) is 58.0 Å². The molecule has 2 atom stereocenters. The summed E-state index contributed by atoms with van der Waals surface area (Å²) in [5, 5.41) is 3.56. The highest BCUT2D eigenvalue weighted by Crippen LogP contribution is 2.39. The van der Waals surface area contributed by atoms with Gasteiger partial charge in [-0.15, -0.1) is 11.3 Å². The van der Waals surface area contributed by atoms with E-state index in [0.717, 1.165) is 36.4 Å². The van der Waals surface area contributed by atoms with Crippen LogP contribution >= 0.6 is 11.3 Å². The van der Waals surface area contributed by atoms with Gasteiger partial charge in [-0.1, -0.05) is 13.8 Å². The predicted molar refractivity (Wildman–Crippen MR) is 156 cm³/mol. The normalized spacial score (nSPS) is 22.8. The zero-order valence-corrected chi connectivity index (χ0v) is 25.4. The molecule has 1 aromatic carbocycles. The molecule has 2 saturated heterocycles. The number of benzene rings is 1. The number of anilines is 1. The molecule has 40 heavy (non-hydrogen) atoms. The molecule has 3 aliphatic heterocycles. The van der Waals surface area contributed by atoms with Gasteiger partial charge in [-0.05, 0) is 68.4 Å². The Morgan fingerprint density at radius 2 is 1.68 bits per heavy atom. The van der Waals surface area contributed by atoms with Crippen molar-refractivity contribution in [3.8, 4) is 0 Å². The topological polar surface area (TPSA) is 99.3 Å². The van der Waals surface area contributed by atoms with Crippen LogP contribution in [-0.2, 0) is 27.7 Å². The standard InChI is InChI=1S/C29H40N4O5S2/c1-19(2)32-10-9-24-25(18-32)39-28(26(24)29(35)31-11-13-38-14-12-31)30-27(34)22-5-7-23(8-6-22)40(36,37)33-16-20(3)15-21(4)17-33/h5-8,19-21H,9-18H2,1-4H3,(H,30,34). The lowest BCUT2D eigenvalue weighted by molar-refractivity contribution is 0.0302. The second-order valence-electron chi connectivity index (χ2n) is 11.7. The van der Waals surface area contributed by atoms with Crippen LogP contribution in [0.2, 0.25) is 0 Å². The molecule has 2 fully saturated rings. The van der Waals surface area contributed by atoms with Gasteiger partial charge < -0.3 is 15.0 Å². The number of carbonyl (C=O) groups is 2. The first-order valence-corrected chi connectivity index (χ1v) is 16.5. The van der Waals surface area contributed by atoms with Crippen molar-refractivity contribution >= 4 is 38.2 Å². The zero-order valence-electron chi connectivity index (χ0n) is 23.8. The number of fused-ring (bicyclic) bond motifs is 1. The summed E-state index contributed by atoms with van der Waals surface area (Å²) < 4.78 is 33.6. The number of carbonyl (C=O) groups excluding carboxylic acids is 2. The molecule has 218 valence electrons. The van der Waals surface area contributed by atoms with Crippen molar-refractivity contribution in [2.24, 2.45) is 11.8 Å². The molecule has 1 N–H and O–H groups in total. The summed E-state index contributed by atoms with van der Waals surface area (Å²) in [7, 11) is -3.64. The highest BCUT2D eigenvalue weighted by molar-refractivity contribution is 7.89. The average Bonchev–Trinajstić information content (AvgIpc) is 3.29. The molecular weight excluding hydrogens is 548 g/mol. The van der Waals surface area contributed by atoms with E-state index in [1.165, 1.54) is 23.5 Å². The maximum atomic E-state index is 13.7. The Morgan fingerprint density at radius 1 is 1.02 bits per heavy atom. The molecule has 0 radical (unpaired) electrons. The lowest BCUT2D eigenvalue weighted by Gasteiger charge is -2.34. The first kappa shape index (κ1) is 29.2. The third-order valence-electron chi connectivity index (χ3n) is 8.15. The van der Waals surface area contributed by atoms with E-state index in [9.17, 15) is 18.0 Å². The lowest BCUT2D eigenvalue weighted by Crippen LogP contribution is -2.42. The van der Waals surface area contributed by atoms with E-state index >= 15 is 0 Å². The summed E-state index contributed by atoms with van der Waals surface area (Å²) in [4.78, 5) is 32.5. The zero-order chi connectivity index (χ0) is 28.6. The minimum atomic E-state index is -3.64. The second-order valence-corrected chi connectivity index (χ2v) is 14.7. The molecule has 0 spiro atoms. The van der Waals surface area contributed by atoms with Crippen LogP contribution in [-0.4, -0.2) is 86.3 Å². The van der Waals surface area contributed by atoms with Crippen molar-refractivity contribution in [2.75, 3.05) is 51.3 Å². The molecule has 0 bridgehead atoms. The fourth-order valence-corrected chi connectivity index (χ4v) is 8.95. The van der Waals surface area contributed by atoms with E-state index in [-0.39, 0.29) is 16.7 Å². The molecule has 3 aliphatic rings. The minimum absolute atomic E-state index is 0.0690. The van der Waals surface area contributed by atoms with E-state index in [1.807, 2.05) is 0 Å². The van der Waals surface area contributed by atoms with Crippen molar-refractivity contribution in [1.82, 2.24) is 14.1 Å². The highest BCUT2D eigenvalue weighted by atomic mass is 32.2. The van der Waals surface area contributed by atoms with E-state index in [0.29, 0.717) is 73.4 Å². The van der Waals surface area contributed by atoms with Gasteiger partial charge in [-0.3, -0.25) is 14.5 Å². The van der Waals surface area contributed by atoms with Gasteiger partial charge in [0.15, 0.2) is 0 Å². The van der Waals surface area contributed by atoms with Crippen molar-refractivity contribution < 1.29 is 22.7 Å². The van der Waals surface area contributed by atoms with Crippen molar-refractivity contribution in [3.63, 3.8) is 0 Å². The van der Waals surface area contributed by atoms with E-state index < -0.39 is 10.0 Å². The van der Waals surface area contributed by atoms with Crippen LogP contribution in [0.25, 0.3) is 0 Å². The smallest absolute Gasteiger partial charge is 0.257 e. The van der Waals surface area contributed by atoms with Gasteiger partial charge in [-0.2, -0.15) is 4.31 Å². The first-order chi connectivity index (χ1) is 19.0. The fourth-order valence-electron chi connectivity index (χ4n) is 6.01. The molecule has 4 heterocycles. The number of nitrogens with one attached hydrogen (secondary N) is 1. The molecule has 2 unspecified atom stereocenters. The monoisotopic (exact) mass is 588 g/mol. The number of sulfonamides is 1. The maximum absolute atomic E-state index is 13.7. The lowest BCUT2D eigenvalue weighted by atomic mass is 9.94. The largest absolute Gasteiger partial charge is 0.378 e. The molecular formula is C29H40N4O5S2. The number of morpholine rings is 1. The summed E-state index contributed by atoms with van der Waals surface area (Å²) >= 11 is 1.47. The van der Waals surface area contributed by atoms with Crippen molar-refractivity contribution in [3.05, 3.63) is 45.8 Å². The Morgan fingerprint density at radius 3 is 2.30 bits per heavy atom. The highest BCUT2D eigenvalue weighted by Gasteiger charge is 2.33. The number of nitrogens with zero attached hydrogens (tertiary/aromatic N) is 3. The third-order valence-corrected chi connectivity index (χ3v) is 11.1. The van der Waals surface area contributed by atoms with Crippen LogP contribution in [0.3, 0.4) is 0 Å². The molecule has 9 nitrogen and oxygen atoms in total. The fraction of sp³-hybridized carbons (Fsp3) is 0.586. The van der Waals surface area contributed by atoms with Gasteiger partial charge in [0.1, 0.15) is 5.00 Å². The molecule has 0 saturated carbocycles. The average molecular weight is 589 g/mol. The van der Waals surface area contributed by atoms with Crippen LogP contribution in [0.4, 0.5) is 5.00 Å². The Kier molecular flexibility index (Phi) is 8.68. The Labute approximate surface area is 241 Å². The molecule has 5 rings (SSSR count). The van der Waals surface area contributed by atoms with Crippen LogP contribution in [0.5, 0.6) is 0 Å². The van der Waals surface area contributed by atoms with Gasteiger partial charge in [0, 0.05) is 55.8 Å². The minimum Gasteiger partial charge on any atom is -0.378 e. The van der Waals surface area contributed by atoms with Gasteiger partial charge in [0.2, 0.25) is 10.0 Å². The molecule has 11 heteroatoms. The van der Waals surface area contributed by atoms with Crippen LogP contribution < -0.4 is 5.32 Å². The van der Waals surface area contributed by atoms with Crippen molar-refractivity contribution in [1.29, 1.82) is 0 Å². The van der Waals surface area contributed by atoms with Crippen LogP contribution in [0, 0.1) is 11.8 Å². The number of hydrogen-bond donors (Lipinski definition) is 1. The summed E-state index contributed by atoms with van der Waals surface area (Å²) in [6.07, 6.45) is 1.77. The Bertz CT molecular complexity index is 1340. The summed E-state index contributed by atoms with van der Waals surface area (Å²) in [6.45, 7) is 13.2. The number of ether oxygens (including phenoxy) is 1. The first-order valence-electron chi connectivity index (χ1n) is 14.2. The number of rotatable bonds is 6. The predicted octanol–water partition coefficient (Wildman–Crippen LogP) is 3.91. The van der Waals surface area contributed by atoms with Gasteiger partial charge in [0.25, 0.3) is 11.8 Å². The summed E-state index contributed by atoms with van der Waals surface area (Å²) in [5.41, 5.74) is 1.96. The van der Waals surface area contributed by atoms with E-state index in [4.69, 9.17) is 4.74 Å². The SMILES string of the molecule is CC1CC(C)CN(S(=O)(=O)c2ccc(C(=O)Nc3sc4c(c3C(=O)N3CCOCC3)CCN(C(C)C)C4)cc2)C1. The van der Waals surface area contributed by atoms with Gasteiger partial charge in [0.05, 0.1) is 23.7 Å². The molecule has 0 aliphatic carbocycles. The number of thiophene rings is 1. The second kappa shape index (κ2) is 11.9. The van der Waals surface area contributed by atoms with Crippen LogP contribution in [0.15, 0.2) is 29.2 Å². The molecule has 2 amide bonds. The summed E-state index contributed by atoms with van der Waals surface area (Å²) in [5.74, 6) is 0.185. The summed E-state index contributed by atoms with van der Waals surface area (Å²) in [6, 6.07) is 6.51. The van der Waals surface area contributed by atoms with E-state index in [1.54, 1.807) is 21.3 Å². The Balaban J connectivity index is 1.38. The quantitative estimate of drug-likeness (QED) is 0.550. The van der Waals surface area contributed by atoms with Gasteiger partial charge >= 0.3 is 0 Å².